The normalized spacial score (nSPS) is 13.0. The smallest absolute Gasteiger partial charge is 0.0464 e. The Morgan fingerprint density at radius 1 is 1.50 bits per heavy atom. The van der Waals surface area contributed by atoms with Crippen LogP contribution in [-0.2, 0) is 0 Å². The Hall–Kier alpha value is 0.160. The van der Waals surface area contributed by atoms with Crippen LogP contribution < -0.4 is 11.5 Å². The van der Waals surface area contributed by atoms with E-state index in [4.69, 9.17) is 23.1 Å². The van der Waals surface area contributed by atoms with E-state index in [1.807, 2.05) is 18.2 Å². The Labute approximate surface area is 90.4 Å². The molecule has 1 rings (SSSR count). The van der Waals surface area contributed by atoms with Crippen LogP contribution in [0.15, 0.2) is 18.2 Å². The molecule has 0 aliphatic rings. The predicted molar refractivity (Wildman–Crippen MR) is 60.2 cm³/mol. The van der Waals surface area contributed by atoms with E-state index in [1.54, 1.807) is 0 Å². The van der Waals surface area contributed by atoms with Gasteiger partial charge >= 0.3 is 0 Å². The third kappa shape index (κ3) is 2.10. The van der Waals surface area contributed by atoms with Gasteiger partial charge in [-0.1, -0.05) is 17.7 Å². The maximum Gasteiger partial charge on any atom is 0.0464 e. The van der Waals surface area contributed by atoms with Crippen molar-refractivity contribution < 1.29 is 0 Å². The van der Waals surface area contributed by atoms with Crippen molar-refractivity contribution in [3.05, 3.63) is 32.4 Å². The summed E-state index contributed by atoms with van der Waals surface area (Å²) in [6, 6.07) is 5.54. The lowest BCUT2D eigenvalue weighted by atomic mass is 10.1. The zero-order chi connectivity index (χ0) is 9.14. The Balaban J connectivity index is 3.12. The lowest BCUT2D eigenvalue weighted by Crippen LogP contribution is -2.22. The number of hydrogen-bond acceptors (Lipinski definition) is 2. The number of nitrogens with two attached hydrogens (primary N) is 2. The van der Waals surface area contributed by atoms with Gasteiger partial charge < -0.3 is 11.5 Å². The van der Waals surface area contributed by atoms with Gasteiger partial charge in [-0.05, 0) is 34.7 Å². The Morgan fingerprint density at radius 2 is 2.17 bits per heavy atom. The van der Waals surface area contributed by atoms with Gasteiger partial charge in [0, 0.05) is 26.7 Å². The zero-order valence-corrected chi connectivity index (χ0v) is 9.34. The number of benzene rings is 1. The summed E-state index contributed by atoms with van der Waals surface area (Å²) in [5, 5.41) is 0.694. The summed E-state index contributed by atoms with van der Waals surface area (Å²) in [7, 11) is 0. The maximum absolute atomic E-state index is 5.96. The minimum atomic E-state index is -0.161. The van der Waals surface area contributed by atoms with E-state index in [0.29, 0.717) is 11.6 Å². The number of rotatable bonds is 2. The first-order valence-corrected chi connectivity index (χ1v) is 5.02. The third-order valence-corrected chi connectivity index (χ3v) is 2.89. The van der Waals surface area contributed by atoms with Gasteiger partial charge in [0.2, 0.25) is 0 Å². The first-order valence-electron chi connectivity index (χ1n) is 3.56. The monoisotopic (exact) mass is 296 g/mol. The van der Waals surface area contributed by atoms with Crippen LogP contribution in [0.5, 0.6) is 0 Å². The Kier molecular flexibility index (Phi) is 3.77. The van der Waals surface area contributed by atoms with Crippen LogP contribution in [0, 0.1) is 3.57 Å². The maximum atomic E-state index is 5.96. The molecule has 0 fully saturated rings. The molecule has 12 heavy (non-hydrogen) atoms. The van der Waals surface area contributed by atoms with Crippen molar-refractivity contribution in [2.75, 3.05) is 6.54 Å². The van der Waals surface area contributed by atoms with Crippen LogP contribution >= 0.6 is 34.2 Å². The largest absolute Gasteiger partial charge is 0.329 e. The molecule has 0 aliphatic carbocycles. The van der Waals surface area contributed by atoms with E-state index in [1.165, 1.54) is 0 Å². The molecule has 0 heterocycles. The summed E-state index contributed by atoms with van der Waals surface area (Å²) in [5.74, 6) is 0. The molecule has 1 aromatic rings. The lowest BCUT2D eigenvalue weighted by Gasteiger charge is -2.12. The van der Waals surface area contributed by atoms with Gasteiger partial charge in [-0.2, -0.15) is 0 Å². The van der Waals surface area contributed by atoms with Crippen LogP contribution in [-0.4, -0.2) is 6.54 Å². The van der Waals surface area contributed by atoms with E-state index in [9.17, 15) is 0 Å². The standard InChI is InChI=1S/C8H10ClIN2/c9-5-2-1-3-6(10)8(5)7(12)4-11/h1-3,7H,4,11-12H2/t7-/m1/s1. The topological polar surface area (TPSA) is 52.0 Å². The second-order valence-corrected chi connectivity index (χ2v) is 4.05. The van der Waals surface area contributed by atoms with Gasteiger partial charge in [-0.15, -0.1) is 0 Å². The van der Waals surface area contributed by atoms with E-state index in [2.05, 4.69) is 22.6 Å². The quantitative estimate of drug-likeness (QED) is 0.819. The van der Waals surface area contributed by atoms with Crippen LogP contribution in [0.25, 0.3) is 0 Å². The summed E-state index contributed by atoms with van der Waals surface area (Å²) < 4.78 is 1.07. The minimum absolute atomic E-state index is 0.161. The van der Waals surface area contributed by atoms with Crippen LogP contribution in [0.4, 0.5) is 0 Å². The second kappa shape index (κ2) is 4.41. The van der Waals surface area contributed by atoms with Crippen molar-refractivity contribution in [3.8, 4) is 0 Å². The molecule has 0 aromatic heterocycles. The van der Waals surface area contributed by atoms with Crippen LogP contribution in [0.1, 0.15) is 11.6 Å². The van der Waals surface area contributed by atoms with Gasteiger partial charge in [-0.25, -0.2) is 0 Å². The number of halogens is 2. The Bertz CT molecular complexity index is 258. The highest BCUT2D eigenvalue weighted by molar-refractivity contribution is 14.1. The van der Waals surface area contributed by atoms with E-state index in [0.717, 1.165) is 9.13 Å². The summed E-state index contributed by atoms with van der Waals surface area (Å²) in [6.45, 7) is 0.416. The van der Waals surface area contributed by atoms with E-state index >= 15 is 0 Å². The summed E-state index contributed by atoms with van der Waals surface area (Å²) in [4.78, 5) is 0. The first-order chi connectivity index (χ1) is 5.66. The summed E-state index contributed by atoms with van der Waals surface area (Å²) in [6.07, 6.45) is 0. The molecule has 0 amide bonds. The molecule has 0 unspecified atom stereocenters. The fourth-order valence-corrected chi connectivity index (χ4v) is 2.36. The Morgan fingerprint density at radius 3 is 2.67 bits per heavy atom. The molecule has 4 heteroatoms. The van der Waals surface area contributed by atoms with Gasteiger partial charge in [0.05, 0.1) is 0 Å². The van der Waals surface area contributed by atoms with Crippen molar-refractivity contribution in [2.24, 2.45) is 11.5 Å². The number of hydrogen-bond donors (Lipinski definition) is 2. The highest BCUT2D eigenvalue weighted by atomic mass is 127. The molecule has 0 bridgehead atoms. The molecular weight excluding hydrogens is 286 g/mol. The predicted octanol–water partition coefficient (Wildman–Crippen LogP) is 1.90. The molecule has 66 valence electrons. The molecule has 4 N–H and O–H groups in total. The van der Waals surface area contributed by atoms with Crippen molar-refractivity contribution in [1.82, 2.24) is 0 Å². The SMILES string of the molecule is NC[C@@H](N)c1c(Cl)cccc1I. The molecular formula is C8H10ClIN2. The van der Waals surface area contributed by atoms with Crippen molar-refractivity contribution >= 4 is 34.2 Å². The van der Waals surface area contributed by atoms with Crippen molar-refractivity contribution in [1.29, 1.82) is 0 Å². The molecule has 1 aromatic carbocycles. The zero-order valence-electron chi connectivity index (χ0n) is 6.43. The first kappa shape index (κ1) is 10.2. The summed E-state index contributed by atoms with van der Waals surface area (Å²) >= 11 is 8.17. The molecule has 0 spiro atoms. The van der Waals surface area contributed by atoms with E-state index < -0.39 is 0 Å². The van der Waals surface area contributed by atoms with Gasteiger partial charge in [-0.3, -0.25) is 0 Å². The third-order valence-electron chi connectivity index (χ3n) is 1.62. The highest BCUT2D eigenvalue weighted by Gasteiger charge is 2.11. The van der Waals surface area contributed by atoms with Gasteiger partial charge in [0.1, 0.15) is 0 Å². The fraction of sp³-hybridized carbons (Fsp3) is 0.250. The molecule has 0 aliphatic heterocycles. The van der Waals surface area contributed by atoms with Crippen LogP contribution in [0.2, 0.25) is 5.02 Å². The molecule has 1 atom stereocenters. The van der Waals surface area contributed by atoms with E-state index in [-0.39, 0.29) is 6.04 Å². The minimum Gasteiger partial charge on any atom is -0.329 e. The van der Waals surface area contributed by atoms with Gasteiger partial charge in [0.25, 0.3) is 0 Å². The van der Waals surface area contributed by atoms with Gasteiger partial charge in [0.15, 0.2) is 0 Å². The molecule has 2 nitrogen and oxygen atoms in total. The van der Waals surface area contributed by atoms with Crippen LogP contribution in [0.3, 0.4) is 0 Å². The summed E-state index contributed by atoms with van der Waals surface area (Å²) in [5.41, 5.74) is 12.2. The second-order valence-electron chi connectivity index (χ2n) is 2.48. The average Bonchev–Trinajstić information content (AvgIpc) is 2.03. The molecule has 0 radical (unpaired) electrons. The lowest BCUT2D eigenvalue weighted by molar-refractivity contribution is 0.733. The fourth-order valence-electron chi connectivity index (χ4n) is 0.983. The van der Waals surface area contributed by atoms with Crippen molar-refractivity contribution in [2.45, 2.75) is 6.04 Å². The average molecular weight is 297 g/mol. The molecule has 0 saturated heterocycles. The van der Waals surface area contributed by atoms with Crippen molar-refractivity contribution in [3.63, 3.8) is 0 Å². The molecule has 0 saturated carbocycles. The highest BCUT2D eigenvalue weighted by Crippen LogP contribution is 2.25.